The van der Waals surface area contributed by atoms with Gasteiger partial charge in [-0.25, -0.2) is 0 Å². The van der Waals surface area contributed by atoms with Crippen LogP contribution in [0.25, 0.3) is 11.4 Å². The molecule has 3 aromatic rings. The van der Waals surface area contributed by atoms with Crippen molar-refractivity contribution in [2.45, 2.75) is 19.3 Å². The van der Waals surface area contributed by atoms with Gasteiger partial charge in [0.05, 0.1) is 6.42 Å². The number of nitrogens with one attached hydrogen (secondary N) is 1. The van der Waals surface area contributed by atoms with Gasteiger partial charge in [0.1, 0.15) is 0 Å². The molecule has 1 amide bonds. The molecule has 25 heavy (non-hydrogen) atoms. The molecule has 0 aliphatic carbocycles. The Bertz CT molecular complexity index is 859. The first-order chi connectivity index (χ1) is 12.3. The normalized spacial score (nSPS) is 10.4. The number of para-hydroxylation sites is 1. The number of nitrogens with zero attached hydrogens (tertiary/aromatic N) is 3. The molecular formula is C19H18N4O2. The van der Waals surface area contributed by atoms with Gasteiger partial charge in [-0.05, 0) is 30.2 Å². The van der Waals surface area contributed by atoms with E-state index in [1.165, 1.54) is 0 Å². The van der Waals surface area contributed by atoms with Crippen LogP contribution in [0, 0.1) is 0 Å². The van der Waals surface area contributed by atoms with E-state index in [4.69, 9.17) is 4.52 Å². The third kappa shape index (κ3) is 4.38. The van der Waals surface area contributed by atoms with Crippen molar-refractivity contribution in [2.75, 3.05) is 5.32 Å². The second-order valence-electron chi connectivity index (χ2n) is 5.46. The van der Waals surface area contributed by atoms with Gasteiger partial charge >= 0.3 is 0 Å². The van der Waals surface area contributed by atoms with E-state index in [2.05, 4.69) is 27.0 Å². The predicted octanol–water partition coefficient (Wildman–Crippen LogP) is 3.63. The first-order valence-electron chi connectivity index (χ1n) is 7.98. The lowest BCUT2D eigenvalue weighted by Crippen LogP contribution is -2.12. The molecule has 0 bridgehead atoms. The Morgan fingerprint density at radius 3 is 2.80 bits per heavy atom. The summed E-state index contributed by atoms with van der Waals surface area (Å²) in [5.74, 6) is 0.958. The summed E-state index contributed by atoms with van der Waals surface area (Å²) < 4.78 is 5.34. The standard InChI is InChI=1S/C19H18N4O2/c1-2-3-8-17(24)21-16-7-5-4-6-15(16)13-18-22-19(23-25-18)14-9-11-20-12-10-14/h2,4-7,9-12H,1,3,8,13H2,(H,21,24). The quantitative estimate of drug-likeness (QED) is 0.667. The van der Waals surface area contributed by atoms with Crippen LogP contribution in [0.2, 0.25) is 0 Å². The van der Waals surface area contributed by atoms with Crippen LogP contribution in [-0.2, 0) is 11.2 Å². The van der Waals surface area contributed by atoms with Gasteiger partial charge in [-0.1, -0.05) is 29.4 Å². The fraction of sp³-hybridized carbons (Fsp3) is 0.158. The van der Waals surface area contributed by atoms with Crippen LogP contribution in [0.1, 0.15) is 24.3 Å². The van der Waals surface area contributed by atoms with E-state index in [1.54, 1.807) is 18.5 Å². The smallest absolute Gasteiger partial charge is 0.231 e. The summed E-state index contributed by atoms with van der Waals surface area (Å²) in [4.78, 5) is 20.3. The third-order valence-electron chi connectivity index (χ3n) is 3.62. The van der Waals surface area contributed by atoms with E-state index >= 15 is 0 Å². The largest absolute Gasteiger partial charge is 0.339 e. The molecule has 2 heterocycles. The first-order valence-corrected chi connectivity index (χ1v) is 7.98. The van der Waals surface area contributed by atoms with Crippen molar-refractivity contribution in [1.29, 1.82) is 0 Å². The Hall–Kier alpha value is -3.28. The number of hydrogen-bond donors (Lipinski definition) is 1. The van der Waals surface area contributed by atoms with Gasteiger partial charge in [-0.15, -0.1) is 6.58 Å². The second-order valence-corrected chi connectivity index (χ2v) is 5.46. The maximum atomic E-state index is 11.9. The summed E-state index contributed by atoms with van der Waals surface area (Å²) in [6, 6.07) is 11.2. The highest BCUT2D eigenvalue weighted by atomic mass is 16.5. The molecule has 0 radical (unpaired) electrons. The van der Waals surface area contributed by atoms with E-state index in [9.17, 15) is 4.79 Å². The Balaban J connectivity index is 1.74. The number of anilines is 1. The molecule has 0 aliphatic rings. The molecule has 1 aromatic carbocycles. The van der Waals surface area contributed by atoms with Gasteiger partial charge in [0, 0.05) is 30.1 Å². The van der Waals surface area contributed by atoms with E-state index < -0.39 is 0 Å². The van der Waals surface area contributed by atoms with Crippen LogP contribution in [-0.4, -0.2) is 21.0 Å². The van der Waals surface area contributed by atoms with Gasteiger partial charge in [-0.3, -0.25) is 9.78 Å². The number of rotatable bonds is 7. The molecule has 3 rings (SSSR count). The van der Waals surface area contributed by atoms with Crippen LogP contribution < -0.4 is 5.32 Å². The van der Waals surface area contributed by atoms with Crippen molar-refractivity contribution in [3.05, 3.63) is 72.9 Å². The molecule has 0 saturated heterocycles. The molecule has 2 aromatic heterocycles. The highest BCUT2D eigenvalue weighted by Gasteiger charge is 2.12. The number of aromatic nitrogens is 3. The molecule has 0 unspecified atom stereocenters. The molecule has 1 N–H and O–H groups in total. The minimum absolute atomic E-state index is 0.0460. The Labute approximate surface area is 145 Å². The van der Waals surface area contributed by atoms with Crippen LogP contribution >= 0.6 is 0 Å². The molecule has 0 spiro atoms. The highest BCUT2D eigenvalue weighted by molar-refractivity contribution is 5.91. The summed E-state index contributed by atoms with van der Waals surface area (Å²) in [5.41, 5.74) is 2.51. The van der Waals surface area contributed by atoms with Crippen molar-refractivity contribution >= 4 is 11.6 Å². The topological polar surface area (TPSA) is 80.9 Å². The van der Waals surface area contributed by atoms with Gasteiger partial charge < -0.3 is 9.84 Å². The summed E-state index contributed by atoms with van der Waals surface area (Å²) in [5, 5.41) is 6.92. The Kier molecular flexibility index (Phi) is 5.31. The first kappa shape index (κ1) is 16.6. The highest BCUT2D eigenvalue weighted by Crippen LogP contribution is 2.21. The molecule has 6 nitrogen and oxygen atoms in total. The lowest BCUT2D eigenvalue weighted by molar-refractivity contribution is -0.116. The van der Waals surface area contributed by atoms with Crippen molar-refractivity contribution in [2.24, 2.45) is 0 Å². The molecule has 0 aliphatic heterocycles. The second kappa shape index (κ2) is 8.01. The number of hydrogen-bond acceptors (Lipinski definition) is 5. The lowest BCUT2D eigenvalue weighted by Gasteiger charge is -2.09. The van der Waals surface area contributed by atoms with Crippen LogP contribution in [0.4, 0.5) is 5.69 Å². The summed E-state index contributed by atoms with van der Waals surface area (Å²) in [6.07, 6.45) is 6.58. The minimum Gasteiger partial charge on any atom is -0.339 e. The monoisotopic (exact) mass is 334 g/mol. The number of carbonyl (C=O) groups is 1. The fourth-order valence-electron chi connectivity index (χ4n) is 2.35. The predicted molar refractivity (Wildman–Crippen MR) is 94.8 cm³/mol. The minimum atomic E-state index is -0.0460. The van der Waals surface area contributed by atoms with Crippen LogP contribution in [0.15, 0.2) is 66.0 Å². The molecule has 0 fully saturated rings. The van der Waals surface area contributed by atoms with E-state index in [0.29, 0.717) is 31.0 Å². The summed E-state index contributed by atoms with van der Waals surface area (Å²) in [7, 11) is 0. The maximum Gasteiger partial charge on any atom is 0.231 e. The number of benzene rings is 1. The zero-order valence-electron chi connectivity index (χ0n) is 13.7. The summed E-state index contributed by atoms with van der Waals surface area (Å²) in [6.45, 7) is 3.63. The fourth-order valence-corrected chi connectivity index (χ4v) is 2.35. The molecule has 0 saturated carbocycles. The average Bonchev–Trinajstić information content (AvgIpc) is 3.11. The zero-order chi connectivity index (χ0) is 17.5. The molecular weight excluding hydrogens is 316 g/mol. The van der Waals surface area contributed by atoms with Crippen molar-refractivity contribution < 1.29 is 9.32 Å². The van der Waals surface area contributed by atoms with E-state index in [0.717, 1.165) is 16.8 Å². The lowest BCUT2D eigenvalue weighted by atomic mass is 10.1. The number of amides is 1. The molecule has 0 atom stereocenters. The van der Waals surface area contributed by atoms with E-state index in [1.807, 2.05) is 36.4 Å². The number of allylic oxidation sites excluding steroid dienone is 1. The third-order valence-corrected chi connectivity index (χ3v) is 3.62. The summed E-state index contributed by atoms with van der Waals surface area (Å²) >= 11 is 0. The SMILES string of the molecule is C=CCCC(=O)Nc1ccccc1Cc1nc(-c2ccncc2)no1. The van der Waals surface area contributed by atoms with Crippen LogP contribution in [0.5, 0.6) is 0 Å². The maximum absolute atomic E-state index is 11.9. The van der Waals surface area contributed by atoms with Gasteiger partial charge in [0.25, 0.3) is 0 Å². The number of pyridine rings is 1. The van der Waals surface area contributed by atoms with Gasteiger partial charge in [0.2, 0.25) is 17.6 Å². The van der Waals surface area contributed by atoms with Crippen molar-refractivity contribution in [3.8, 4) is 11.4 Å². The Morgan fingerprint density at radius 2 is 2.00 bits per heavy atom. The van der Waals surface area contributed by atoms with Crippen molar-refractivity contribution in [3.63, 3.8) is 0 Å². The average molecular weight is 334 g/mol. The molecule has 6 heteroatoms. The van der Waals surface area contributed by atoms with Crippen molar-refractivity contribution in [1.82, 2.24) is 15.1 Å². The number of carbonyl (C=O) groups excluding carboxylic acids is 1. The van der Waals surface area contributed by atoms with Crippen LogP contribution in [0.3, 0.4) is 0 Å². The van der Waals surface area contributed by atoms with E-state index in [-0.39, 0.29) is 5.91 Å². The molecule has 126 valence electrons. The van der Waals surface area contributed by atoms with Gasteiger partial charge in [0.15, 0.2) is 0 Å². The van der Waals surface area contributed by atoms with Gasteiger partial charge in [-0.2, -0.15) is 4.98 Å². The zero-order valence-corrected chi connectivity index (χ0v) is 13.7. The Morgan fingerprint density at radius 1 is 1.20 bits per heavy atom.